The molecule has 0 spiro atoms. The molecule has 0 saturated carbocycles. The lowest BCUT2D eigenvalue weighted by Gasteiger charge is -2.16. The average molecular weight is 397 g/mol. The van der Waals surface area contributed by atoms with Gasteiger partial charge in [-0.05, 0) is 42.8 Å². The Balaban J connectivity index is 0.00000420. The Morgan fingerprint density at radius 2 is 1.89 bits per heavy atom. The maximum atomic E-state index is 12.2. The van der Waals surface area contributed by atoms with Crippen LogP contribution >= 0.6 is 12.2 Å². The number of hydrogen-bond acceptors (Lipinski definition) is 3. The number of benzene rings is 2. The van der Waals surface area contributed by atoms with E-state index in [0.717, 1.165) is 28.1 Å². The molecule has 28 heavy (non-hydrogen) atoms. The van der Waals surface area contributed by atoms with E-state index in [1.54, 1.807) is 6.08 Å². The molecule has 2 rings (SSSR count). The molecule has 0 unspecified atom stereocenters. The van der Waals surface area contributed by atoms with Crippen LogP contribution in [0, 0.1) is 13.8 Å². The molecule has 148 valence electrons. The van der Waals surface area contributed by atoms with Crippen molar-refractivity contribution < 1.29 is 12.4 Å². The number of thiocarbonyl (C=S) groups is 1. The van der Waals surface area contributed by atoms with E-state index in [1.807, 2.05) is 56.3 Å². The molecule has 0 atom stereocenters. The van der Waals surface area contributed by atoms with Crippen LogP contribution < -0.4 is 15.4 Å². The number of hydrogen-bond donors (Lipinski definition) is 2. The first-order chi connectivity index (χ1) is 13.4. The number of anilines is 1. The van der Waals surface area contributed by atoms with Gasteiger partial charge in [0, 0.05) is 20.2 Å². The number of aryl methyl sites for hydroxylation is 2. The molecule has 0 aliphatic carbocycles. The zero-order chi connectivity index (χ0) is 20.5. The number of carbonyl (C=O) groups is 1. The third-order valence-electron chi connectivity index (χ3n) is 4.01. The fourth-order valence-corrected chi connectivity index (χ4v) is 2.75. The first kappa shape index (κ1) is 21.1. The van der Waals surface area contributed by atoms with Crippen molar-refractivity contribution >= 4 is 28.9 Å². The lowest BCUT2D eigenvalue weighted by molar-refractivity contribution is -0.115. The number of nitrogens with one attached hydrogen (secondary N) is 2. The first-order valence-corrected chi connectivity index (χ1v) is 9.21. The van der Waals surface area contributed by atoms with E-state index in [2.05, 4.69) is 23.8 Å². The van der Waals surface area contributed by atoms with Crippen molar-refractivity contribution in [3.63, 3.8) is 0 Å². The highest BCUT2D eigenvalue weighted by Gasteiger charge is 2.11. The van der Waals surface area contributed by atoms with Crippen LogP contribution in [0.3, 0.4) is 0 Å². The van der Waals surface area contributed by atoms with Crippen molar-refractivity contribution in [2.75, 3.05) is 5.32 Å². The van der Waals surface area contributed by atoms with E-state index < -0.39 is 0 Å². The minimum absolute atomic E-state index is 0. The van der Waals surface area contributed by atoms with Crippen LogP contribution in [-0.2, 0) is 11.4 Å². The van der Waals surface area contributed by atoms with Gasteiger partial charge < -0.3 is 10.1 Å². The second kappa shape index (κ2) is 10.2. The highest BCUT2D eigenvalue weighted by atomic mass is 32.1. The predicted octanol–water partition coefficient (Wildman–Crippen LogP) is 5.49. The summed E-state index contributed by atoms with van der Waals surface area (Å²) in [6.07, 6.45) is 4.54. The fraction of sp³-hybridized carbons (Fsp3) is 0.130. The molecular formula is C23H28N2O2S. The molecule has 0 heterocycles. The summed E-state index contributed by atoms with van der Waals surface area (Å²) in [5, 5.41) is 5.89. The Morgan fingerprint density at radius 3 is 2.54 bits per heavy atom. The summed E-state index contributed by atoms with van der Waals surface area (Å²) in [5.74, 6) is 0.405. The summed E-state index contributed by atoms with van der Waals surface area (Å²) >= 11 is 5.27. The molecule has 5 heteroatoms. The van der Waals surface area contributed by atoms with Crippen molar-refractivity contribution in [3.8, 4) is 5.75 Å². The normalized spacial score (nSPS) is 10.7. The zero-order valence-electron chi connectivity index (χ0n) is 16.1. The van der Waals surface area contributed by atoms with E-state index in [0.29, 0.717) is 12.2 Å². The average Bonchev–Trinajstić information content (AvgIpc) is 2.67. The first-order valence-electron chi connectivity index (χ1n) is 8.80. The van der Waals surface area contributed by atoms with Crippen LogP contribution in [0.4, 0.5) is 5.69 Å². The zero-order valence-corrected chi connectivity index (χ0v) is 16.9. The van der Waals surface area contributed by atoms with Gasteiger partial charge >= 0.3 is 0 Å². The minimum atomic E-state index is -0.349. The standard InChI is InChI=1S/C23H24N2O2S.2H2/c1-5-10-19(6-2)22(26)25-23(28)24-20-14-21(17(4)13-16(20)3)27-15-18-11-8-7-9-12-18;;/h5-14H,1-2,15H2,3-4H3,(H2,24,25,26,28);2*1H/b19-10+;;. The van der Waals surface area contributed by atoms with Gasteiger partial charge in [-0.3, -0.25) is 10.1 Å². The predicted molar refractivity (Wildman–Crippen MR) is 124 cm³/mol. The van der Waals surface area contributed by atoms with Crippen LogP contribution in [-0.4, -0.2) is 11.0 Å². The van der Waals surface area contributed by atoms with Crippen LogP contribution in [0.2, 0.25) is 0 Å². The topological polar surface area (TPSA) is 50.4 Å². The molecule has 1 amide bonds. The molecule has 0 fully saturated rings. The Bertz CT molecular complexity index is 928. The minimum Gasteiger partial charge on any atom is -0.489 e. The van der Waals surface area contributed by atoms with Gasteiger partial charge in [0.25, 0.3) is 5.91 Å². The van der Waals surface area contributed by atoms with E-state index in [9.17, 15) is 4.79 Å². The van der Waals surface area contributed by atoms with Crippen molar-refractivity contribution in [1.82, 2.24) is 5.32 Å². The van der Waals surface area contributed by atoms with Crippen LogP contribution in [0.15, 0.2) is 79.4 Å². The number of amides is 1. The lowest BCUT2D eigenvalue weighted by atomic mass is 10.1. The third kappa shape index (κ3) is 5.93. The molecule has 4 nitrogen and oxygen atoms in total. The van der Waals surface area contributed by atoms with Crippen molar-refractivity contribution in [1.29, 1.82) is 0 Å². The lowest BCUT2D eigenvalue weighted by Crippen LogP contribution is -2.34. The summed E-state index contributed by atoms with van der Waals surface area (Å²) in [4.78, 5) is 12.2. The summed E-state index contributed by atoms with van der Waals surface area (Å²) in [5.41, 5.74) is 4.26. The molecule has 0 radical (unpaired) electrons. The van der Waals surface area contributed by atoms with Crippen molar-refractivity contribution in [2.24, 2.45) is 0 Å². The fourth-order valence-electron chi connectivity index (χ4n) is 2.55. The molecule has 2 N–H and O–H groups in total. The molecule has 2 aromatic rings. The molecule has 0 saturated heterocycles. The quantitative estimate of drug-likeness (QED) is 0.369. The third-order valence-corrected chi connectivity index (χ3v) is 4.22. The van der Waals surface area contributed by atoms with Crippen LogP contribution in [0.1, 0.15) is 19.5 Å². The highest BCUT2D eigenvalue weighted by molar-refractivity contribution is 7.80. The van der Waals surface area contributed by atoms with Gasteiger partial charge in [0.15, 0.2) is 5.11 Å². The number of ether oxygens (including phenoxy) is 1. The van der Waals surface area contributed by atoms with E-state index >= 15 is 0 Å². The van der Waals surface area contributed by atoms with Gasteiger partial charge in [-0.25, -0.2) is 0 Å². The van der Waals surface area contributed by atoms with Gasteiger partial charge in [-0.1, -0.05) is 67.8 Å². The van der Waals surface area contributed by atoms with Gasteiger partial charge in [-0.15, -0.1) is 0 Å². The molecular weight excluding hydrogens is 368 g/mol. The van der Waals surface area contributed by atoms with Gasteiger partial charge in [0.2, 0.25) is 0 Å². The maximum absolute atomic E-state index is 12.2. The SMILES string of the molecule is C=C/C=C(\C=C)C(=O)NC(=S)Nc1cc(OCc2ccccc2)c(C)cc1C.[HH].[HH]. The van der Waals surface area contributed by atoms with Gasteiger partial charge in [0.1, 0.15) is 12.4 Å². The Morgan fingerprint density at radius 1 is 1.18 bits per heavy atom. The number of allylic oxidation sites excluding steroid dienone is 2. The molecule has 0 aromatic heterocycles. The largest absolute Gasteiger partial charge is 0.489 e. The summed E-state index contributed by atoms with van der Waals surface area (Å²) < 4.78 is 5.96. The van der Waals surface area contributed by atoms with E-state index in [1.165, 1.54) is 12.2 Å². The Hall–Kier alpha value is -3.18. The molecule has 0 aliphatic heterocycles. The maximum Gasteiger partial charge on any atom is 0.257 e. The Kier molecular flexibility index (Phi) is 7.72. The van der Waals surface area contributed by atoms with Gasteiger partial charge in [0.05, 0.1) is 0 Å². The second-order valence-corrected chi connectivity index (χ2v) is 6.59. The number of rotatable bonds is 7. The van der Waals surface area contributed by atoms with E-state index in [-0.39, 0.29) is 13.9 Å². The van der Waals surface area contributed by atoms with Crippen LogP contribution in [0.25, 0.3) is 0 Å². The second-order valence-electron chi connectivity index (χ2n) is 6.18. The van der Waals surface area contributed by atoms with E-state index in [4.69, 9.17) is 17.0 Å². The highest BCUT2D eigenvalue weighted by Crippen LogP contribution is 2.27. The molecule has 0 bridgehead atoms. The van der Waals surface area contributed by atoms with Crippen molar-refractivity contribution in [2.45, 2.75) is 20.5 Å². The van der Waals surface area contributed by atoms with Crippen LogP contribution in [0.5, 0.6) is 5.75 Å². The molecule has 2 aromatic carbocycles. The summed E-state index contributed by atoms with van der Waals surface area (Å²) in [6.45, 7) is 11.6. The Labute approximate surface area is 174 Å². The smallest absolute Gasteiger partial charge is 0.257 e. The number of carbonyl (C=O) groups excluding carboxylic acids is 1. The summed E-state index contributed by atoms with van der Waals surface area (Å²) in [6, 6.07) is 13.9. The molecule has 0 aliphatic rings. The van der Waals surface area contributed by atoms with Crippen molar-refractivity contribution in [3.05, 3.63) is 96.1 Å². The summed E-state index contributed by atoms with van der Waals surface area (Å²) in [7, 11) is 0. The monoisotopic (exact) mass is 396 g/mol. The van der Waals surface area contributed by atoms with Gasteiger partial charge in [-0.2, -0.15) is 0 Å².